The summed E-state index contributed by atoms with van der Waals surface area (Å²) in [6.07, 6.45) is 3.52. The van der Waals surface area contributed by atoms with Crippen LogP contribution in [0, 0.1) is 0 Å². The van der Waals surface area contributed by atoms with Crippen molar-refractivity contribution in [2.45, 2.75) is 155 Å². The first-order valence-corrected chi connectivity index (χ1v) is 24.0. The molecular weight excluding hydrogens is 814 g/mol. The van der Waals surface area contributed by atoms with E-state index in [4.69, 9.17) is 4.42 Å². The molecule has 0 radical (unpaired) electrons. The van der Waals surface area contributed by atoms with E-state index in [0.717, 1.165) is 36.9 Å². The number of hydrogen-bond acceptors (Lipinski definition) is 4. The summed E-state index contributed by atoms with van der Waals surface area (Å²) in [6.45, 7) is 25.2. The molecule has 4 aliphatic rings. The van der Waals surface area contributed by atoms with E-state index >= 15 is 0 Å². The van der Waals surface area contributed by atoms with Crippen LogP contribution >= 0.6 is 0 Å². The molecule has 67 heavy (non-hydrogen) atoms. The molecule has 3 aliphatic heterocycles. The van der Waals surface area contributed by atoms with E-state index in [-0.39, 0.29) is 139 Å². The summed E-state index contributed by atoms with van der Waals surface area (Å²) in [7, 11) is 0. The van der Waals surface area contributed by atoms with E-state index in [1.165, 1.54) is 0 Å². The number of rotatable bonds is 3. The minimum absolute atomic E-state index is 0.00611. The lowest BCUT2D eigenvalue weighted by Crippen LogP contribution is -2.61. The minimum atomic E-state index is -1.29. The molecule has 11 rings (SSSR count). The van der Waals surface area contributed by atoms with Crippen molar-refractivity contribution < 1.29 is 23.6 Å². The lowest BCUT2D eigenvalue weighted by Gasteiger charge is -2.51. The second kappa shape index (κ2) is 14.4. The standard InChI is InChI=1S/C62H70BN3O/c1-57(2,3)39-21-27-43(28-22-39)64-50-35-41(59(7,8)9)26-32-48(50)63-54-51(64)37-45(66-49-20-16-15-19-47(49)61(13)33-17-18-34-62(61,66)14)38-52(54)65(44-29-23-40(24-30-44)58(4,5)6)55-46-31-25-42(60(10,11)12)36-53(46)67-56(55)63/h15-16,19-32,35-38H,17-18,33-34H2,1-14H3/i21D,22D,23D,24D,25D,26D,27D,28D,29D,30D,31D,32D,35D,36D. The normalized spacial score (nSPS) is 23.1. The van der Waals surface area contributed by atoms with Gasteiger partial charge in [-0.3, -0.25) is 0 Å². The van der Waals surface area contributed by atoms with Crippen LogP contribution in [0.3, 0.4) is 0 Å². The van der Waals surface area contributed by atoms with Gasteiger partial charge in [0.05, 0.1) is 36.1 Å². The fourth-order valence-corrected chi connectivity index (χ4v) is 11.1. The summed E-state index contributed by atoms with van der Waals surface area (Å²) in [5.41, 5.74) is -0.810. The summed E-state index contributed by atoms with van der Waals surface area (Å²) < 4.78 is 147. The van der Waals surface area contributed by atoms with E-state index in [2.05, 4.69) is 30.9 Å². The molecule has 7 aromatic rings. The summed E-state index contributed by atoms with van der Waals surface area (Å²) >= 11 is 0. The molecule has 1 fully saturated rings. The predicted octanol–water partition coefficient (Wildman–Crippen LogP) is 15.4. The Bertz CT molecular complexity index is 3900. The van der Waals surface area contributed by atoms with E-state index in [0.29, 0.717) is 11.2 Å². The molecule has 0 bridgehead atoms. The third-order valence-corrected chi connectivity index (χ3v) is 15.1. The van der Waals surface area contributed by atoms with Gasteiger partial charge in [-0.15, -0.1) is 0 Å². The molecule has 5 heteroatoms. The first kappa shape index (κ1) is 30.7. The van der Waals surface area contributed by atoms with Crippen LogP contribution in [0.5, 0.6) is 0 Å². The quantitative estimate of drug-likeness (QED) is 0.165. The van der Waals surface area contributed by atoms with Crippen molar-refractivity contribution in [2.75, 3.05) is 14.7 Å². The molecule has 6 aromatic carbocycles. The number of nitrogens with zero attached hydrogens (tertiary/aromatic N) is 3. The van der Waals surface area contributed by atoms with Gasteiger partial charge in [-0.25, -0.2) is 0 Å². The fourth-order valence-electron chi connectivity index (χ4n) is 11.1. The van der Waals surface area contributed by atoms with Gasteiger partial charge in [-0.2, -0.15) is 0 Å². The van der Waals surface area contributed by atoms with E-state index < -0.39 is 63.5 Å². The van der Waals surface area contributed by atoms with Crippen LogP contribution in [-0.4, -0.2) is 12.3 Å². The SMILES string of the molecule is [2H]c1c([2H])c(C(C)(C)C)c([2H])c2c1B1c3oc4c([2H])c(C(C)(C)C)c([2H])c([2H])c4c3N(c3c([2H])c([2H])c(C(C)(C)C)c([2H])c3[2H])c3cc(N4c5ccccc5C5(C)CCCCC45C)cc(c31)N2c1c([2H])c([2H])c(C(C)(C)C)c([2H])c1[2H]. The highest BCUT2D eigenvalue weighted by molar-refractivity contribution is 7.00. The van der Waals surface area contributed by atoms with E-state index in [9.17, 15) is 19.2 Å². The zero-order chi connectivity index (χ0) is 59.6. The largest absolute Gasteiger partial charge is 0.468 e. The molecule has 0 saturated heterocycles. The molecule has 0 N–H and O–H groups in total. The molecular formula is C62H70BN3O. The molecule has 1 aliphatic carbocycles. The monoisotopic (exact) mass is 898 g/mol. The van der Waals surface area contributed by atoms with Crippen LogP contribution in [0.25, 0.3) is 11.0 Å². The molecule has 2 unspecified atom stereocenters. The van der Waals surface area contributed by atoms with Gasteiger partial charge < -0.3 is 19.1 Å². The van der Waals surface area contributed by atoms with Gasteiger partial charge in [-0.05, 0) is 141 Å². The Morgan fingerprint density at radius 3 is 1.69 bits per heavy atom. The molecule has 4 nitrogen and oxygen atoms in total. The van der Waals surface area contributed by atoms with Gasteiger partial charge in [0.1, 0.15) is 5.58 Å². The second-order valence-corrected chi connectivity index (χ2v) is 23.9. The maximum atomic E-state index is 10.5. The lowest BCUT2D eigenvalue weighted by molar-refractivity contribution is 0.195. The maximum Gasteiger partial charge on any atom is 0.297 e. The van der Waals surface area contributed by atoms with Crippen LogP contribution in [0.4, 0.5) is 45.5 Å². The highest BCUT2D eigenvalue weighted by Gasteiger charge is 2.58. The van der Waals surface area contributed by atoms with Gasteiger partial charge in [0.25, 0.3) is 6.71 Å². The van der Waals surface area contributed by atoms with Crippen molar-refractivity contribution in [3.63, 3.8) is 0 Å². The van der Waals surface area contributed by atoms with Gasteiger partial charge >= 0.3 is 0 Å². The summed E-state index contributed by atoms with van der Waals surface area (Å²) in [5, 5.41) is -0.0166. The average molecular weight is 898 g/mol. The van der Waals surface area contributed by atoms with Crippen molar-refractivity contribution in [2.24, 2.45) is 0 Å². The zero-order valence-corrected chi connectivity index (χ0v) is 41.6. The number of furan rings is 1. The summed E-state index contributed by atoms with van der Waals surface area (Å²) in [6, 6.07) is 7.67. The third kappa shape index (κ3) is 6.53. The van der Waals surface area contributed by atoms with Crippen molar-refractivity contribution in [1.29, 1.82) is 0 Å². The van der Waals surface area contributed by atoms with Crippen LogP contribution in [0.2, 0.25) is 0 Å². The highest BCUT2D eigenvalue weighted by atomic mass is 16.3. The average Bonchev–Trinajstić information content (AvgIpc) is 2.70. The Kier molecular flexibility index (Phi) is 6.60. The molecule has 4 heterocycles. The van der Waals surface area contributed by atoms with Crippen molar-refractivity contribution in [1.82, 2.24) is 0 Å². The van der Waals surface area contributed by atoms with E-state index in [1.807, 2.05) is 107 Å². The first-order valence-electron chi connectivity index (χ1n) is 31.0. The van der Waals surface area contributed by atoms with Crippen molar-refractivity contribution in [3.05, 3.63) is 149 Å². The Hall–Kier alpha value is -5.68. The summed E-state index contributed by atoms with van der Waals surface area (Å²) in [4.78, 5) is 5.41. The maximum absolute atomic E-state index is 10.5. The third-order valence-electron chi connectivity index (χ3n) is 15.1. The Balaban J connectivity index is 1.44. The lowest BCUT2D eigenvalue weighted by atomic mass is 9.35. The van der Waals surface area contributed by atoms with Gasteiger partial charge in [0.15, 0.2) is 0 Å². The molecule has 0 amide bonds. The molecule has 1 aromatic heterocycles. The zero-order valence-electron chi connectivity index (χ0n) is 55.6. The molecule has 2 atom stereocenters. The Morgan fingerprint density at radius 2 is 1.07 bits per heavy atom. The smallest absolute Gasteiger partial charge is 0.297 e. The van der Waals surface area contributed by atoms with Crippen LogP contribution in [-0.2, 0) is 27.1 Å². The van der Waals surface area contributed by atoms with E-state index in [1.54, 1.807) is 9.80 Å². The van der Waals surface area contributed by atoms with Crippen LogP contribution in [0.1, 0.15) is 170 Å². The Morgan fingerprint density at radius 1 is 0.552 bits per heavy atom. The second-order valence-electron chi connectivity index (χ2n) is 23.9. The van der Waals surface area contributed by atoms with Gasteiger partial charge in [0, 0.05) is 50.6 Å². The van der Waals surface area contributed by atoms with Crippen LogP contribution in [0.15, 0.2) is 125 Å². The highest BCUT2D eigenvalue weighted by Crippen LogP contribution is 2.62. The predicted molar refractivity (Wildman–Crippen MR) is 288 cm³/mol. The van der Waals surface area contributed by atoms with Crippen LogP contribution < -0.4 is 31.3 Å². The van der Waals surface area contributed by atoms with Gasteiger partial charge in [-0.1, -0.05) is 163 Å². The number of fused-ring (bicyclic) bond motifs is 9. The summed E-state index contributed by atoms with van der Waals surface area (Å²) in [5.74, 6) is 0. The number of hydrogen-bond donors (Lipinski definition) is 0. The molecule has 342 valence electrons. The first-order chi connectivity index (χ1) is 37.4. The van der Waals surface area contributed by atoms with Crippen molar-refractivity contribution >= 4 is 79.8 Å². The fraction of sp³-hybridized carbons (Fsp3) is 0.387. The number of anilines is 8. The molecule has 1 saturated carbocycles. The van der Waals surface area contributed by atoms with Gasteiger partial charge in [0.2, 0.25) is 0 Å². The van der Waals surface area contributed by atoms with Crippen molar-refractivity contribution in [3.8, 4) is 0 Å². The number of para-hydroxylation sites is 1. The number of benzene rings is 6. The topological polar surface area (TPSA) is 22.9 Å². The molecule has 0 spiro atoms. The Labute approximate surface area is 421 Å². The minimum Gasteiger partial charge on any atom is -0.468 e.